The maximum Gasteiger partial charge on any atom is 0.269 e. The number of carbonyl (C=O) groups excluding carboxylic acids is 1. The van der Waals surface area contributed by atoms with E-state index in [2.05, 4.69) is 11.4 Å². The number of nitrogens with one attached hydrogen (secondary N) is 1. The van der Waals surface area contributed by atoms with Gasteiger partial charge in [0, 0.05) is 17.8 Å². The summed E-state index contributed by atoms with van der Waals surface area (Å²) in [6.07, 6.45) is 1.62. The Morgan fingerprint density at radius 3 is 2.55 bits per heavy atom. The van der Waals surface area contributed by atoms with E-state index in [1.807, 2.05) is 32.0 Å². The van der Waals surface area contributed by atoms with Gasteiger partial charge in [-0.1, -0.05) is 29.8 Å². The Kier molecular flexibility index (Phi) is 7.44. The Morgan fingerprint density at radius 1 is 1.18 bits per heavy atom. The van der Waals surface area contributed by atoms with E-state index >= 15 is 0 Å². The first-order valence-electron chi connectivity index (χ1n) is 9.93. The van der Waals surface area contributed by atoms with Crippen LogP contribution in [0.5, 0.6) is 5.75 Å². The number of anilines is 1. The van der Waals surface area contributed by atoms with Gasteiger partial charge in [0.15, 0.2) is 6.61 Å². The number of non-ortho nitro benzene ring substituents is 1. The number of amides is 1. The van der Waals surface area contributed by atoms with Gasteiger partial charge in [-0.3, -0.25) is 14.9 Å². The molecule has 33 heavy (non-hydrogen) atoms. The molecule has 0 spiro atoms. The predicted molar refractivity (Wildman–Crippen MR) is 128 cm³/mol. The normalized spacial score (nSPS) is 10.9. The highest BCUT2D eigenvalue weighted by atomic mass is 35.5. The lowest BCUT2D eigenvalue weighted by Gasteiger charge is -2.12. The monoisotopic (exact) mass is 461 g/mol. The first-order valence-corrected chi connectivity index (χ1v) is 10.3. The van der Waals surface area contributed by atoms with Crippen LogP contribution in [0, 0.1) is 35.3 Å². The lowest BCUT2D eigenvalue weighted by molar-refractivity contribution is -0.384. The topological polar surface area (TPSA) is 105 Å². The molecule has 0 aromatic heterocycles. The van der Waals surface area contributed by atoms with Gasteiger partial charge >= 0.3 is 0 Å². The molecule has 3 aromatic rings. The summed E-state index contributed by atoms with van der Waals surface area (Å²) in [4.78, 5) is 22.6. The second-order valence-electron chi connectivity index (χ2n) is 7.25. The fourth-order valence-corrected chi connectivity index (χ4v) is 3.29. The molecule has 0 bridgehead atoms. The Morgan fingerprint density at radius 2 is 1.91 bits per heavy atom. The number of nitriles is 1. The number of allylic oxidation sites excluding steroid dienone is 1. The van der Waals surface area contributed by atoms with E-state index in [9.17, 15) is 20.2 Å². The Balaban J connectivity index is 1.68. The molecule has 7 nitrogen and oxygen atoms in total. The van der Waals surface area contributed by atoms with Crippen molar-refractivity contribution in [2.75, 3.05) is 11.9 Å². The molecule has 0 aliphatic heterocycles. The number of hydrogen-bond acceptors (Lipinski definition) is 5. The predicted octanol–water partition coefficient (Wildman–Crippen LogP) is 5.95. The van der Waals surface area contributed by atoms with Gasteiger partial charge in [0.05, 0.1) is 21.6 Å². The molecule has 166 valence electrons. The minimum Gasteiger partial charge on any atom is -0.482 e. The molecular weight excluding hydrogens is 442 g/mol. The van der Waals surface area contributed by atoms with Crippen LogP contribution in [0.15, 0.2) is 60.7 Å². The number of rotatable bonds is 7. The summed E-state index contributed by atoms with van der Waals surface area (Å²) in [5, 5.41) is 23.4. The zero-order valence-electron chi connectivity index (χ0n) is 18.0. The molecule has 1 N–H and O–H groups in total. The van der Waals surface area contributed by atoms with E-state index in [1.54, 1.807) is 24.3 Å². The molecule has 0 radical (unpaired) electrons. The van der Waals surface area contributed by atoms with Gasteiger partial charge in [-0.15, -0.1) is 0 Å². The molecule has 0 fully saturated rings. The number of hydrogen-bond donors (Lipinski definition) is 1. The third-order valence-electron chi connectivity index (χ3n) is 5.01. The van der Waals surface area contributed by atoms with E-state index in [1.165, 1.54) is 24.3 Å². The second kappa shape index (κ2) is 10.4. The summed E-state index contributed by atoms with van der Waals surface area (Å²) in [6, 6.07) is 18.4. The largest absolute Gasteiger partial charge is 0.482 e. The minimum atomic E-state index is -0.500. The number of nitrogens with zero attached hydrogens (tertiary/aromatic N) is 2. The SMILES string of the molecule is Cc1cccc(NC(=O)COc2ccc(/C=C(\C#N)c3ccc([N+](=O)[O-])cc3)cc2Cl)c1C. The maximum absolute atomic E-state index is 12.3. The molecule has 0 aliphatic carbocycles. The van der Waals surface area contributed by atoms with E-state index < -0.39 is 4.92 Å². The quantitative estimate of drug-likeness (QED) is 0.202. The molecular formula is C25H20ClN3O4. The summed E-state index contributed by atoms with van der Waals surface area (Å²) in [7, 11) is 0. The number of ether oxygens (including phenoxy) is 1. The van der Waals surface area contributed by atoms with Crippen LogP contribution in [0.1, 0.15) is 22.3 Å². The smallest absolute Gasteiger partial charge is 0.269 e. The number of aryl methyl sites for hydroxylation is 1. The third kappa shape index (κ3) is 5.97. The lowest BCUT2D eigenvalue weighted by atomic mass is 10.0. The van der Waals surface area contributed by atoms with Gasteiger partial charge in [0.2, 0.25) is 0 Å². The number of carbonyl (C=O) groups is 1. The highest BCUT2D eigenvalue weighted by molar-refractivity contribution is 6.32. The average molecular weight is 462 g/mol. The maximum atomic E-state index is 12.3. The Labute approximate surface area is 196 Å². The molecule has 0 aliphatic rings. The molecule has 3 rings (SSSR count). The highest BCUT2D eigenvalue weighted by Gasteiger charge is 2.10. The van der Waals surface area contributed by atoms with Crippen molar-refractivity contribution in [1.29, 1.82) is 5.26 Å². The minimum absolute atomic E-state index is 0.0535. The van der Waals surface area contributed by atoms with Gasteiger partial charge < -0.3 is 10.1 Å². The van der Waals surface area contributed by atoms with Crippen LogP contribution in [0.25, 0.3) is 11.6 Å². The van der Waals surface area contributed by atoms with Crippen molar-refractivity contribution in [2.24, 2.45) is 0 Å². The summed E-state index contributed by atoms with van der Waals surface area (Å²) in [5.74, 6) is 0.0208. The summed E-state index contributed by atoms with van der Waals surface area (Å²) in [6.45, 7) is 3.69. The van der Waals surface area contributed by atoms with Crippen LogP contribution in [-0.2, 0) is 4.79 Å². The number of nitro groups is 1. The summed E-state index contributed by atoms with van der Waals surface area (Å²) < 4.78 is 5.55. The van der Waals surface area contributed by atoms with Crippen molar-refractivity contribution in [1.82, 2.24) is 0 Å². The molecule has 1 amide bonds. The zero-order chi connectivity index (χ0) is 24.0. The van der Waals surface area contributed by atoms with Crippen molar-refractivity contribution in [3.05, 3.63) is 98.1 Å². The summed E-state index contributed by atoms with van der Waals surface area (Å²) in [5.41, 5.74) is 4.24. The van der Waals surface area contributed by atoms with Crippen LogP contribution in [0.2, 0.25) is 5.02 Å². The molecule has 8 heteroatoms. The fraction of sp³-hybridized carbons (Fsp3) is 0.120. The van der Waals surface area contributed by atoms with Crippen molar-refractivity contribution in [2.45, 2.75) is 13.8 Å². The molecule has 0 saturated heterocycles. The highest BCUT2D eigenvalue weighted by Crippen LogP contribution is 2.28. The van der Waals surface area contributed by atoms with Crippen LogP contribution in [0.4, 0.5) is 11.4 Å². The standard InChI is InChI=1S/C25H20ClN3O4/c1-16-4-3-5-23(17(16)2)28-25(30)15-33-24-11-6-18(13-22(24)26)12-20(14-27)19-7-9-21(10-8-19)29(31)32/h3-13H,15H2,1-2H3,(H,28,30)/b20-12+. The van der Waals surface area contributed by atoms with Gasteiger partial charge in [0.25, 0.3) is 11.6 Å². The van der Waals surface area contributed by atoms with E-state index in [4.69, 9.17) is 16.3 Å². The van der Waals surface area contributed by atoms with Crippen molar-refractivity contribution in [3.8, 4) is 11.8 Å². The van der Waals surface area contributed by atoms with Crippen LogP contribution in [0.3, 0.4) is 0 Å². The van der Waals surface area contributed by atoms with Gasteiger partial charge in [0.1, 0.15) is 5.75 Å². The fourth-order valence-electron chi connectivity index (χ4n) is 3.05. The lowest BCUT2D eigenvalue weighted by Crippen LogP contribution is -2.20. The first-order chi connectivity index (χ1) is 15.8. The molecule has 0 saturated carbocycles. The first kappa shape index (κ1) is 23.5. The average Bonchev–Trinajstić information content (AvgIpc) is 2.80. The van der Waals surface area contributed by atoms with Crippen LogP contribution >= 0.6 is 11.6 Å². The zero-order valence-corrected chi connectivity index (χ0v) is 18.7. The third-order valence-corrected chi connectivity index (χ3v) is 5.31. The number of nitro benzene ring substituents is 1. The van der Waals surface area contributed by atoms with Gasteiger partial charge in [-0.05, 0) is 72.5 Å². The van der Waals surface area contributed by atoms with Crippen molar-refractivity contribution >= 4 is 40.5 Å². The van der Waals surface area contributed by atoms with E-state index in [-0.39, 0.29) is 23.2 Å². The summed E-state index contributed by atoms with van der Waals surface area (Å²) >= 11 is 6.30. The Bertz CT molecular complexity index is 1280. The van der Waals surface area contributed by atoms with Crippen molar-refractivity contribution in [3.63, 3.8) is 0 Å². The number of halogens is 1. The molecule has 3 aromatic carbocycles. The van der Waals surface area contributed by atoms with E-state index in [0.29, 0.717) is 22.4 Å². The van der Waals surface area contributed by atoms with E-state index in [0.717, 1.165) is 16.8 Å². The molecule has 0 atom stereocenters. The second-order valence-corrected chi connectivity index (χ2v) is 7.66. The van der Waals surface area contributed by atoms with Gasteiger partial charge in [-0.25, -0.2) is 0 Å². The Hall–Kier alpha value is -4.15. The number of benzene rings is 3. The molecule has 0 heterocycles. The molecule has 0 unspecified atom stereocenters. The van der Waals surface area contributed by atoms with Crippen molar-refractivity contribution < 1.29 is 14.5 Å². The van der Waals surface area contributed by atoms with Gasteiger partial charge in [-0.2, -0.15) is 5.26 Å². The van der Waals surface area contributed by atoms with Crippen LogP contribution < -0.4 is 10.1 Å². The van der Waals surface area contributed by atoms with Crippen LogP contribution in [-0.4, -0.2) is 17.4 Å².